The zero-order valence-corrected chi connectivity index (χ0v) is 24.8. The van der Waals surface area contributed by atoms with Crippen molar-refractivity contribution in [2.24, 2.45) is 0 Å². The maximum absolute atomic E-state index is 13.0. The largest absolute Gasteiger partial charge is 0.445 e. The molecule has 0 unspecified atom stereocenters. The van der Waals surface area contributed by atoms with Crippen molar-refractivity contribution in [2.45, 2.75) is 36.9 Å². The highest BCUT2D eigenvalue weighted by Crippen LogP contribution is 2.39. The highest BCUT2D eigenvalue weighted by Gasteiger charge is 2.36. The van der Waals surface area contributed by atoms with E-state index in [4.69, 9.17) is 37.6 Å². The Hall–Kier alpha value is -3.84. The molecule has 1 aromatic heterocycles. The number of ether oxygens (including phenoxy) is 2. The Labute approximate surface area is 254 Å². The fourth-order valence-corrected chi connectivity index (χ4v) is 6.40. The molecule has 0 radical (unpaired) electrons. The van der Waals surface area contributed by atoms with Gasteiger partial charge in [-0.15, -0.1) is 0 Å². The Bertz CT molecular complexity index is 1640. The van der Waals surface area contributed by atoms with Gasteiger partial charge in [0.2, 0.25) is 6.54 Å². The number of fused-ring (bicyclic) bond motifs is 2. The monoisotopic (exact) mass is 599 g/mol. The summed E-state index contributed by atoms with van der Waals surface area (Å²) in [6.07, 6.45) is 1.97. The molecule has 2 aliphatic heterocycles. The standard InChI is InChI=1S/C32H30ClN5O3S/c1-34-17-23-18-37(14-15-38(23)32(39)41-19-21-8-4-3-5-9-21)30-25-20-40-28(16-27(25)35-31(36-30)42-2)24-12-6-10-22-11-7-13-26(33)29(22)24/h3-13,23,28H,14-20H2,2H3/t23-,28+/m1/s1. The lowest BCUT2D eigenvalue weighted by molar-refractivity contribution is 0.0265. The molecule has 10 heteroatoms. The van der Waals surface area contributed by atoms with Crippen LogP contribution in [0.5, 0.6) is 0 Å². The first kappa shape index (κ1) is 28.3. The highest BCUT2D eigenvalue weighted by atomic mass is 35.5. The molecule has 2 aliphatic rings. The summed E-state index contributed by atoms with van der Waals surface area (Å²) in [5.74, 6) is 0.811. The molecule has 0 saturated carbocycles. The maximum atomic E-state index is 13.0. The molecule has 0 spiro atoms. The average molecular weight is 600 g/mol. The molecule has 1 saturated heterocycles. The minimum atomic E-state index is -0.401. The lowest BCUT2D eigenvalue weighted by Crippen LogP contribution is -2.57. The second-order valence-corrected chi connectivity index (χ2v) is 11.5. The molecule has 3 aromatic carbocycles. The number of carbonyl (C=O) groups excluding carboxylic acids is 1. The predicted molar refractivity (Wildman–Crippen MR) is 165 cm³/mol. The van der Waals surface area contributed by atoms with E-state index < -0.39 is 6.09 Å². The summed E-state index contributed by atoms with van der Waals surface area (Å²) in [4.78, 5) is 30.3. The van der Waals surface area contributed by atoms with Crippen molar-refractivity contribution in [3.8, 4) is 0 Å². The third kappa shape index (κ3) is 5.75. The van der Waals surface area contributed by atoms with Gasteiger partial charge in [-0.3, -0.25) is 4.90 Å². The first-order chi connectivity index (χ1) is 20.6. The van der Waals surface area contributed by atoms with Crippen molar-refractivity contribution in [3.05, 3.63) is 106 Å². The molecule has 0 bridgehead atoms. The number of piperazine rings is 1. The predicted octanol–water partition coefficient (Wildman–Crippen LogP) is 6.57. The summed E-state index contributed by atoms with van der Waals surface area (Å²) in [7, 11) is 0. The van der Waals surface area contributed by atoms with Gasteiger partial charge in [0.15, 0.2) is 5.16 Å². The van der Waals surface area contributed by atoms with Crippen LogP contribution in [-0.4, -0.2) is 59.4 Å². The van der Waals surface area contributed by atoms with E-state index >= 15 is 0 Å². The maximum Gasteiger partial charge on any atom is 0.410 e. The fourth-order valence-electron chi connectivity index (χ4n) is 5.73. The van der Waals surface area contributed by atoms with Crippen LogP contribution in [0.4, 0.5) is 10.6 Å². The van der Waals surface area contributed by atoms with Gasteiger partial charge in [0.05, 0.1) is 18.4 Å². The third-order valence-electron chi connectivity index (χ3n) is 7.80. The molecule has 4 aromatic rings. The molecule has 1 amide bonds. The van der Waals surface area contributed by atoms with Crippen molar-refractivity contribution in [3.63, 3.8) is 0 Å². The number of thioether (sulfide) groups is 1. The van der Waals surface area contributed by atoms with Crippen LogP contribution in [0.3, 0.4) is 0 Å². The van der Waals surface area contributed by atoms with E-state index in [-0.39, 0.29) is 25.3 Å². The van der Waals surface area contributed by atoms with E-state index in [9.17, 15) is 4.79 Å². The smallest absolute Gasteiger partial charge is 0.410 e. The number of rotatable bonds is 6. The third-order valence-corrected chi connectivity index (χ3v) is 8.66. The van der Waals surface area contributed by atoms with E-state index in [1.807, 2.05) is 54.8 Å². The van der Waals surface area contributed by atoms with Crippen LogP contribution in [0.15, 0.2) is 71.9 Å². The number of nitrogens with zero attached hydrogens (tertiary/aromatic N) is 5. The number of hydrogen-bond acceptors (Lipinski definition) is 7. The van der Waals surface area contributed by atoms with Crippen molar-refractivity contribution in [1.29, 1.82) is 0 Å². The molecule has 1 fully saturated rings. The van der Waals surface area contributed by atoms with E-state index in [1.54, 1.807) is 4.90 Å². The van der Waals surface area contributed by atoms with E-state index in [1.165, 1.54) is 11.8 Å². The van der Waals surface area contributed by atoms with E-state index in [0.29, 0.717) is 42.8 Å². The number of benzene rings is 3. The second kappa shape index (κ2) is 12.6. The normalized spacial score (nSPS) is 18.4. The summed E-state index contributed by atoms with van der Waals surface area (Å²) < 4.78 is 12.1. The zero-order valence-electron chi connectivity index (χ0n) is 23.2. The lowest BCUT2D eigenvalue weighted by Gasteiger charge is -2.40. The number of amides is 1. The number of halogens is 1. The summed E-state index contributed by atoms with van der Waals surface area (Å²) in [5, 5.41) is 3.48. The van der Waals surface area contributed by atoms with E-state index in [2.05, 4.69) is 27.9 Å². The van der Waals surface area contributed by atoms with Gasteiger partial charge >= 0.3 is 6.09 Å². The van der Waals surface area contributed by atoms with Crippen molar-refractivity contribution < 1.29 is 14.3 Å². The van der Waals surface area contributed by atoms with Gasteiger partial charge in [0.1, 0.15) is 18.5 Å². The molecule has 8 nitrogen and oxygen atoms in total. The van der Waals surface area contributed by atoms with Crippen molar-refractivity contribution in [2.75, 3.05) is 37.3 Å². The second-order valence-electron chi connectivity index (χ2n) is 10.3. The molecule has 0 N–H and O–H groups in total. The topological polar surface area (TPSA) is 72.2 Å². The Morgan fingerprint density at radius 3 is 2.71 bits per heavy atom. The van der Waals surface area contributed by atoms with Gasteiger partial charge in [-0.1, -0.05) is 84.0 Å². The number of carbonyl (C=O) groups is 1. The highest BCUT2D eigenvalue weighted by molar-refractivity contribution is 7.98. The van der Waals surface area contributed by atoms with Gasteiger partial charge < -0.3 is 19.2 Å². The number of anilines is 1. The Morgan fingerprint density at radius 1 is 1.12 bits per heavy atom. The quantitative estimate of drug-likeness (QED) is 0.141. The summed E-state index contributed by atoms with van der Waals surface area (Å²) in [6, 6.07) is 21.4. The van der Waals surface area contributed by atoms with Gasteiger partial charge in [0, 0.05) is 42.0 Å². The fraction of sp³-hybridized carbons (Fsp3) is 0.312. The average Bonchev–Trinajstić information content (AvgIpc) is 3.03. The summed E-state index contributed by atoms with van der Waals surface area (Å²) in [6.45, 7) is 9.74. The molecular formula is C32H30ClN5O3S. The van der Waals surface area contributed by atoms with Crippen molar-refractivity contribution in [1.82, 2.24) is 14.9 Å². The SMILES string of the molecule is [C-]#[N+]C[C@@H]1CN(c2nc(SC)nc3c2CO[C@H](c2cccc4cccc(Cl)c24)C3)CCN1C(=O)OCc1ccccc1. The van der Waals surface area contributed by atoms with Crippen LogP contribution in [0.25, 0.3) is 15.6 Å². The van der Waals surface area contributed by atoms with Gasteiger partial charge in [-0.2, -0.15) is 0 Å². The number of aromatic nitrogens is 2. The Morgan fingerprint density at radius 2 is 1.93 bits per heavy atom. The van der Waals surface area contributed by atoms with Gasteiger partial charge in [-0.05, 0) is 28.8 Å². The minimum absolute atomic E-state index is 0.181. The zero-order chi connectivity index (χ0) is 29.1. The van der Waals surface area contributed by atoms with Crippen LogP contribution in [0.2, 0.25) is 5.02 Å². The van der Waals surface area contributed by atoms with Gasteiger partial charge in [0.25, 0.3) is 0 Å². The molecule has 42 heavy (non-hydrogen) atoms. The van der Waals surface area contributed by atoms with Crippen LogP contribution >= 0.6 is 23.4 Å². The van der Waals surface area contributed by atoms with Crippen LogP contribution < -0.4 is 4.90 Å². The van der Waals surface area contributed by atoms with Crippen LogP contribution in [0, 0.1) is 6.57 Å². The Kier molecular flexibility index (Phi) is 8.47. The minimum Gasteiger partial charge on any atom is -0.445 e. The lowest BCUT2D eigenvalue weighted by atomic mass is 9.94. The van der Waals surface area contributed by atoms with Gasteiger partial charge in [-0.25, -0.2) is 21.3 Å². The molecule has 2 atom stereocenters. The summed E-state index contributed by atoms with van der Waals surface area (Å²) in [5.41, 5.74) is 3.88. The van der Waals surface area contributed by atoms with Crippen LogP contribution in [0.1, 0.15) is 28.5 Å². The van der Waals surface area contributed by atoms with E-state index in [0.717, 1.165) is 39.0 Å². The molecular weight excluding hydrogens is 570 g/mol. The molecule has 6 rings (SSSR count). The first-order valence-electron chi connectivity index (χ1n) is 13.8. The number of hydrogen-bond donors (Lipinski definition) is 0. The molecule has 3 heterocycles. The van der Waals surface area contributed by atoms with Crippen molar-refractivity contribution >= 4 is 46.0 Å². The summed E-state index contributed by atoms with van der Waals surface area (Å²) >= 11 is 8.13. The molecule has 0 aliphatic carbocycles. The van der Waals surface area contributed by atoms with Crippen LogP contribution in [-0.2, 0) is 29.1 Å². The first-order valence-corrected chi connectivity index (χ1v) is 15.4. The Balaban J connectivity index is 1.24. The molecule has 214 valence electrons.